The van der Waals surface area contributed by atoms with Crippen LogP contribution < -0.4 is 0 Å². The van der Waals surface area contributed by atoms with E-state index in [1.54, 1.807) is 5.56 Å². The van der Waals surface area contributed by atoms with Crippen molar-refractivity contribution in [3.63, 3.8) is 0 Å². The summed E-state index contributed by atoms with van der Waals surface area (Å²) in [4.78, 5) is 16.2. The minimum absolute atomic E-state index is 0.250. The molecule has 0 unspecified atom stereocenters. The topological polar surface area (TPSA) is 34.1 Å². The van der Waals surface area contributed by atoms with Crippen molar-refractivity contribution in [2.24, 2.45) is 0 Å². The average Bonchev–Trinajstić information content (AvgIpc) is 2.73. The van der Waals surface area contributed by atoms with Gasteiger partial charge in [-0.05, 0) is 31.2 Å². The molecule has 0 heterocycles. The highest BCUT2D eigenvalue weighted by atomic mass is 16.2. The second kappa shape index (κ2) is 6.15. The fourth-order valence-corrected chi connectivity index (χ4v) is 2.10. The van der Waals surface area contributed by atoms with E-state index >= 15 is 0 Å². The Bertz CT molecular complexity index is 315. The van der Waals surface area contributed by atoms with E-state index in [1.165, 1.54) is 31.2 Å². The van der Waals surface area contributed by atoms with E-state index in [0.29, 0.717) is 0 Å². The molecule has 1 aliphatic rings. The summed E-state index contributed by atoms with van der Waals surface area (Å²) >= 11 is 0. The number of hydrogen-bond donors (Lipinski definition) is 0. The second-order valence-corrected chi connectivity index (χ2v) is 3.98. The summed E-state index contributed by atoms with van der Waals surface area (Å²) < 4.78 is 0. The van der Waals surface area contributed by atoms with Gasteiger partial charge in [0.25, 0.3) is 0 Å². The van der Waals surface area contributed by atoms with Crippen LogP contribution in [-0.4, -0.2) is 6.15 Å². The molecule has 0 radical (unpaired) electrons. The molecule has 0 bridgehead atoms. The molecule has 1 aliphatic carbocycles. The van der Waals surface area contributed by atoms with Crippen molar-refractivity contribution in [1.29, 1.82) is 0 Å². The molecular formula is C13H16O2. The minimum atomic E-state index is 0.250. The van der Waals surface area contributed by atoms with Crippen molar-refractivity contribution in [2.75, 3.05) is 0 Å². The van der Waals surface area contributed by atoms with Crippen molar-refractivity contribution in [1.82, 2.24) is 0 Å². The van der Waals surface area contributed by atoms with Crippen LogP contribution in [0.15, 0.2) is 24.3 Å². The summed E-state index contributed by atoms with van der Waals surface area (Å²) in [6, 6.07) is 9.05. The third-order valence-electron chi connectivity index (χ3n) is 2.90. The van der Waals surface area contributed by atoms with Crippen LogP contribution in [0, 0.1) is 6.92 Å². The Morgan fingerprint density at radius 1 is 1.07 bits per heavy atom. The summed E-state index contributed by atoms with van der Waals surface area (Å²) in [5.41, 5.74) is 2.93. The van der Waals surface area contributed by atoms with Crippen LogP contribution in [0.3, 0.4) is 0 Å². The summed E-state index contributed by atoms with van der Waals surface area (Å²) in [6.07, 6.45) is 5.92. The molecule has 0 spiro atoms. The van der Waals surface area contributed by atoms with Crippen LogP contribution in [0.5, 0.6) is 0 Å². The van der Waals surface area contributed by atoms with Crippen LogP contribution in [-0.2, 0) is 9.59 Å². The average molecular weight is 204 g/mol. The normalized spacial score (nSPS) is 15.3. The SMILES string of the molecule is Cc1ccc(C2CCCC2)cc1.O=C=O. The molecule has 0 aliphatic heterocycles. The molecule has 0 N–H and O–H groups in total. The number of aryl methyl sites for hydroxylation is 1. The van der Waals surface area contributed by atoms with Gasteiger partial charge in [0, 0.05) is 0 Å². The van der Waals surface area contributed by atoms with Gasteiger partial charge in [0.2, 0.25) is 0 Å². The second-order valence-electron chi connectivity index (χ2n) is 3.98. The quantitative estimate of drug-likeness (QED) is 0.704. The lowest BCUT2D eigenvalue weighted by Crippen LogP contribution is -1.90. The Morgan fingerprint density at radius 2 is 1.53 bits per heavy atom. The molecule has 80 valence electrons. The van der Waals surface area contributed by atoms with Crippen molar-refractivity contribution in [2.45, 2.75) is 38.5 Å². The standard InChI is InChI=1S/C12H16.CO2/c1-10-6-8-12(9-7-10)11-4-2-3-5-11;2-1-3/h6-9,11H,2-5H2,1H3;. The highest BCUT2D eigenvalue weighted by Crippen LogP contribution is 2.33. The fraction of sp³-hybridized carbons (Fsp3) is 0.462. The molecule has 0 atom stereocenters. The van der Waals surface area contributed by atoms with E-state index in [9.17, 15) is 0 Å². The molecule has 1 saturated carbocycles. The molecule has 2 nitrogen and oxygen atoms in total. The van der Waals surface area contributed by atoms with Gasteiger partial charge in [-0.1, -0.05) is 42.7 Å². The molecule has 0 aromatic heterocycles. The highest BCUT2D eigenvalue weighted by Gasteiger charge is 2.15. The molecule has 0 saturated heterocycles. The Labute approximate surface area is 90.3 Å². The molecule has 0 amide bonds. The first-order valence-electron chi connectivity index (χ1n) is 5.33. The first-order valence-corrected chi connectivity index (χ1v) is 5.33. The van der Waals surface area contributed by atoms with Crippen molar-refractivity contribution >= 4 is 6.15 Å². The lowest BCUT2D eigenvalue weighted by atomic mass is 9.97. The monoisotopic (exact) mass is 204 g/mol. The number of benzene rings is 1. The first-order chi connectivity index (χ1) is 7.27. The number of hydrogen-bond acceptors (Lipinski definition) is 2. The van der Waals surface area contributed by atoms with E-state index in [2.05, 4.69) is 31.2 Å². The van der Waals surface area contributed by atoms with Gasteiger partial charge < -0.3 is 0 Å². The number of rotatable bonds is 1. The van der Waals surface area contributed by atoms with Crippen LogP contribution in [0.4, 0.5) is 0 Å². The third kappa shape index (κ3) is 3.69. The predicted molar refractivity (Wildman–Crippen MR) is 57.4 cm³/mol. The molecule has 2 heteroatoms. The maximum atomic E-state index is 8.12. The van der Waals surface area contributed by atoms with Gasteiger partial charge in [-0.25, -0.2) is 0 Å². The zero-order valence-electron chi connectivity index (χ0n) is 9.03. The van der Waals surface area contributed by atoms with Crippen molar-refractivity contribution in [3.05, 3.63) is 35.4 Å². The van der Waals surface area contributed by atoms with Gasteiger partial charge in [-0.2, -0.15) is 9.59 Å². The highest BCUT2D eigenvalue weighted by molar-refractivity contribution is 5.24. The fourth-order valence-electron chi connectivity index (χ4n) is 2.10. The number of carbonyl (C=O) groups excluding carboxylic acids is 2. The maximum absolute atomic E-state index is 8.12. The van der Waals surface area contributed by atoms with E-state index < -0.39 is 0 Å². The van der Waals surface area contributed by atoms with E-state index in [0.717, 1.165) is 5.92 Å². The predicted octanol–water partition coefficient (Wildman–Crippen LogP) is 3.07. The molecule has 1 aromatic rings. The van der Waals surface area contributed by atoms with Gasteiger partial charge in [0.15, 0.2) is 0 Å². The van der Waals surface area contributed by atoms with Gasteiger partial charge in [-0.15, -0.1) is 0 Å². The van der Waals surface area contributed by atoms with Crippen molar-refractivity contribution in [3.8, 4) is 0 Å². The van der Waals surface area contributed by atoms with Crippen molar-refractivity contribution < 1.29 is 9.59 Å². The van der Waals surface area contributed by atoms with Gasteiger partial charge in [-0.3, -0.25) is 0 Å². The van der Waals surface area contributed by atoms with E-state index in [4.69, 9.17) is 9.59 Å². The molecule has 1 aromatic carbocycles. The lowest BCUT2D eigenvalue weighted by molar-refractivity contribution is -0.191. The summed E-state index contributed by atoms with van der Waals surface area (Å²) in [5.74, 6) is 0.866. The minimum Gasteiger partial charge on any atom is -0.186 e. The van der Waals surface area contributed by atoms with Crippen LogP contribution in [0.25, 0.3) is 0 Å². The Kier molecular flexibility index (Phi) is 4.79. The van der Waals surface area contributed by atoms with Crippen LogP contribution >= 0.6 is 0 Å². The summed E-state index contributed by atoms with van der Waals surface area (Å²) in [7, 11) is 0. The van der Waals surface area contributed by atoms with Crippen LogP contribution in [0.2, 0.25) is 0 Å². The van der Waals surface area contributed by atoms with Gasteiger partial charge in [0.1, 0.15) is 0 Å². The molecule has 1 fully saturated rings. The zero-order valence-corrected chi connectivity index (χ0v) is 9.03. The van der Waals surface area contributed by atoms with Gasteiger partial charge >= 0.3 is 6.15 Å². The maximum Gasteiger partial charge on any atom is 0.373 e. The smallest absolute Gasteiger partial charge is 0.186 e. The van der Waals surface area contributed by atoms with E-state index in [1.807, 2.05) is 0 Å². The Morgan fingerprint density at radius 3 is 2.00 bits per heavy atom. The third-order valence-corrected chi connectivity index (χ3v) is 2.90. The molecule has 15 heavy (non-hydrogen) atoms. The summed E-state index contributed by atoms with van der Waals surface area (Å²) in [5, 5.41) is 0. The molecular weight excluding hydrogens is 188 g/mol. The zero-order chi connectivity index (χ0) is 11.1. The first kappa shape index (κ1) is 11.7. The Balaban J connectivity index is 0.000000337. The summed E-state index contributed by atoms with van der Waals surface area (Å²) in [6.45, 7) is 2.15. The molecule has 2 rings (SSSR count). The van der Waals surface area contributed by atoms with Gasteiger partial charge in [0.05, 0.1) is 0 Å². The Hall–Kier alpha value is -1.40. The largest absolute Gasteiger partial charge is 0.373 e. The van der Waals surface area contributed by atoms with Crippen LogP contribution in [0.1, 0.15) is 42.7 Å². The van der Waals surface area contributed by atoms with E-state index in [-0.39, 0.29) is 6.15 Å². The lowest BCUT2D eigenvalue weighted by Gasteiger charge is -2.08.